The molecule has 0 amide bonds. The monoisotopic (exact) mass is 710 g/mol. The van der Waals surface area contributed by atoms with Crippen molar-refractivity contribution in [2.75, 3.05) is 4.90 Å². The Morgan fingerprint density at radius 2 is 0.964 bits per heavy atom. The summed E-state index contributed by atoms with van der Waals surface area (Å²) >= 11 is 0. The molecule has 0 saturated heterocycles. The Bertz CT molecular complexity index is 3190. The van der Waals surface area contributed by atoms with Crippen molar-refractivity contribution in [2.24, 2.45) is 0 Å². The molecule has 2 nitrogen and oxygen atoms in total. The molecule has 1 aromatic heterocycles. The van der Waals surface area contributed by atoms with Crippen LogP contribution in [0.5, 0.6) is 0 Å². The van der Waals surface area contributed by atoms with E-state index in [4.69, 9.17) is 0 Å². The summed E-state index contributed by atoms with van der Waals surface area (Å²) in [5.74, 6) is 0. The number of aromatic nitrogens is 1. The molecule has 2 heteroatoms. The first-order chi connectivity index (χ1) is 27.8. The summed E-state index contributed by atoms with van der Waals surface area (Å²) in [7, 11) is 0. The van der Waals surface area contributed by atoms with Gasteiger partial charge in [-0.05, 0) is 92.5 Å². The van der Waals surface area contributed by atoms with Crippen molar-refractivity contribution in [3.8, 4) is 27.9 Å². The summed E-state index contributed by atoms with van der Waals surface area (Å²) in [6.45, 7) is 0. The van der Waals surface area contributed by atoms with Crippen LogP contribution in [0, 0.1) is 12.1 Å². The summed E-state index contributed by atoms with van der Waals surface area (Å²) in [5.41, 5.74) is 10.9. The number of hydrogen-bond donors (Lipinski definition) is 0. The fourth-order valence-corrected chi connectivity index (χ4v) is 8.63. The molecule has 0 N–H and O–H groups in total. The fourth-order valence-electron chi connectivity index (χ4n) is 8.63. The van der Waals surface area contributed by atoms with Crippen LogP contribution in [0.4, 0.5) is 17.1 Å². The minimum absolute atomic E-state index is 0.913. The van der Waals surface area contributed by atoms with E-state index < -0.39 is 0 Å². The van der Waals surface area contributed by atoms with Crippen molar-refractivity contribution in [3.63, 3.8) is 0 Å². The maximum Gasteiger partial charge on any atom is 0.0974 e. The van der Waals surface area contributed by atoms with E-state index in [-0.39, 0.29) is 0 Å². The summed E-state index contributed by atoms with van der Waals surface area (Å²) in [6.07, 6.45) is 0. The third kappa shape index (κ3) is 5.14. The van der Waals surface area contributed by atoms with Gasteiger partial charge in [-0.25, -0.2) is 0 Å². The maximum absolute atomic E-state index is 3.66. The molecule has 56 heavy (non-hydrogen) atoms. The second kappa shape index (κ2) is 13.1. The van der Waals surface area contributed by atoms with Crippen LogP contribution in [0.25, 0.3) is 82.1 Å². The lowest BCUT2D eigenvalue weighted by atomic mass is 9.96. The van der Waals surface area contributed by atoms with Crippen molar-refractivity contribution in [1.82, 2.24) is 4.57 Å². The highest BCUT2D eigenvalue weighted by molar-refractivity contribution is 6.18. The van der Waals surface area contributed by atoms with Gasteiger partial charge in [-0.3, -0.25) is 0 Å². The Hall–Kier alpha value is -7.60. The summed E-state index contributed by atoms with van der Waals surface area (Å²) in [5, 5.41) is 9.93. The van der Waals surface area contributed by atoms with E-state index >= 15 is 0 Å². The molecular weight excluding hydrogens is 677 g/mol. The van der Waals surface area contributed by atoms with E-state index in [1.807, 2.05) is 0 Å². The quantitative estimate of drug-likeness (QED) is 0.156. The standard InChI is InChI=1S/C54H34N2/c1-2-14-37(15-3-1)44-18-6-10-22-51(44)55(42-33-28-40-30-34-46-43-17-5-4-16-38(43)29-35-47(46)50(40)36-42)41-31-26-39(27-32-41)45-19-7-11-23-52(45)56-53-24-12-8-20-48(53)49-21-9-13-25-54(49)56/h1-26,28-31,33-36H. The zero-order valence-electron chi connectivity index (χ0n) is 30.5. The van der Waals surface area contributed by atoms with Crippen LogP contribution in [0.1, 0.15) is 0 Å². The average molecular weight is 711 g/mol. The van der Waals surface area contributed by atoms with Crippen LogP contribution in [0.15, 0.2) is 206 Å². The normalized spacial score (nSPS) is 11.4. The van der Waals surface area contributed by atoms with Crippen LogP contribution in [0.2, 0.25) is 0 Å². The highest BCUT2D eigenvalue weighted by atomic mass is 15.1. The van der Waals surface area contributed by atoms with Crippen LogP contribution in [-0.2, 0) is 0 Å². The number of fused-ring (bicyclic) bond motifs is 8. The van der Waals surface area contributed by atoms with Crippen LogP contribution in [0.3, 0.4) is 0 Å². The van der Waals surface area contributed by atoms with E-state index in [1.54, 1.807) is 0 Å². The molecule has 0 fully saturated rings. The molecule has 0 aliphatic rings. The Morgan fingerprint density at radius 1 is 0.375 bits per heavy atom. The van der Waals surface area contributed by atoms with Crippen molar-refractivity contribution in [3.05, 3.63) is 218 Å². The third-order valence-corrected chi connectivity index (χ3v) is 11.2. The predicted molar refractivity (Wildman–Crippen MR) is 237 cm³/mol. The van der Waals surface area contributed by atoms with Gasteiger partial charge in [-0.2, -0.15) is 0 Å². The molecule has 11 rings (SSSR count). The number of hydrogen-bond acceptors (Lipinski definition) is 1. The van der Waals surface area contributed by atoms with Gasteiger partial charge in [-0.15, -0.1) is 0 Å². The van der Waals surface area contributed by atoms with E-state index in [9.17, 15) is 0 Å². The van der Waals surface area contributed by atoms with Gasteiger partial charge < -0.3 is 9.47 Å². The number of rotatable bonds is 6. The molecule has 0 aliphatic heterocycles. The Morgan fingerprint density at radius 3 is 1.71 bits per heavy atom. The molecule has 0 radical (unpaired) electrons. The van der Waals surface area contributed by atoms with Crippen molar-refractivity contribution < 1.29 is 0 Å². The minimum Gasteiger partial charge on any atom is -0.309 e. The molecule has 0 atom stereocenters. The molecule has 0 spiro atoms. The van der Waals surface area contributed by atoms with Crippen LogP contribution >= 0.6 is 0 Å². The van der Waals surface area contributed by atoms with Gasteiger partial charge in [-0.1, -0.05) is 164 Å². The number of para-hydroxylation sites is 4. The van der Waals surface area contributed by atoms with Gasteiger partial charge in [0.25, 0.3) is 0 Å². The predicted octanol–water partition coefficient (Wildman–Crippen LogP) is 14.6. The second-order valence-corrected chi connectivity index (χ2v) is 14.3. The molecule has 10 aromatic carbocycles. The fraction of sp³-hybridized carbons (Fsp3) is 0. The topological polar surface area (TPSA) is 8.17 Å². The van der Waals surface area contributed by atoms with Crippen LogP contribution < -0.4 is 4.90 Å². The molecule has 260 valence electrons. The zero-order chi connectivity index (χ0) is 37.0. The zero-order valence-corrected chi connectivity index (χ0v) is 30.5. The van der Waals surface area contributed by atoms with Gasteiger partial charge in [0.1, 0.15) is 0 Å². The Balaban J connectivity index is 1.09. The average Bonchev–Trinajstić information content (AvgIpc) is 3.61. The second-order valence-electron chi connectivity index (χ2n) is 14.3. The minimum atomic E-state index is 0.913. The summed E-state index contributed by atoms with van der Waals surface area (Å²) in [6, 6.07) is 81.4. The first-order valence-corrected chi connectivity index (χ1v) is 19.1. The van der Waals surface area contributed by atoms with Gasteiger partial charge in [0.2, 0.25) is 0 Å². The lowest BCUT2D eigenvalue weighted by Gasteiger charge is -2.27. The molecule has 11 aromatic rings. The molecular formula is C54H34N2. The maximum atomic E-state index is 3.66. The summed E-state index contributed by atoms with van der Waals surface area (Å²) < 4.78 is 2.38. The van der Waals surface area contributed by atoms with Gasteiger partial charge in [0.05, 0.1) is 28.1 Å². The molecule has 0 saturated carbocycles. The van der Waals surface area contributed by atoms with Gasteiger partial charge in [0.15, 0.2) is 0 Å². The number of anilines is 3. The smallest absolute Gasteiger partial charge is 0.0974 e. The highest BCUT2D eigenvalue weighted by Crippen LogP contribution is 2.43. The number of benzene rings is 9. The SMILES string of the molecule is c1c(-c2ccccc2-n2c3ccccc3c3ccccc32)ccc(N(c2ccc3ccc4c5ccccc5ccc4c3c2)c2ccccc2-c2ccccc2)c#1. The largest absolute Gasteiger partial charge is 0.309 e. The van der Waals surface area contributed by atoms with E-state index in [1.165, 1.54) is 54.1 Å². The van der Waals surface area contributed by atoms with E-state index in [0.29, 0.717) is 0 Å². The van der Waals surface area contributed by atoms with Crippen molar-refractivity contribution in [1.29, 1.82) is 0 Å². The lowest BCUT2D eigenvalue weighted by molar-refractivity contribution is 1.18. The van der Waals surface area contributed by atoms with E-state index in [0.717, 1.165) is 45.0 Å². The first kappa shape index (κ1) is 31.9. The molecule has 0 aliphatic carbocycles. The van der Waals surface area contributed by atoms with Crippen molar-refractivity contribution >= 4 is 71.2 Å². The third-order valence-electron chi connectivity index (χ3n) is 11.2. The van der Waals surface area contributed by atoms with Crippen LogP contribution in [-0.4, -0.2) is 4.57 Å². The van der Waals surface area contributed by atoms with Gasteiger partial charge >= 0.3 is 0 Å². The van der Waals surface area contributed by atoms with Gasteiger partial charge in [0, 0.05) is 33.2 Å². The van der Waals surface area contributed by atoms with E-state index in [2.05, 4.69) is 228 Å². The highest BCUT2D eigenvalue weighted by Gasteiger charge is 2.20. The Kier molecular flexibility index (Phi) is 7.44. The first-order valence-electron chi connectivity index (χ1n) is 19.1. The number of nitrogens with zero attached hydrogens (tertiary/aromatic N) is 2. The lowest BCUT2D eigenvalue weighted by Crippen LogP contribution is -2.11. The molecule has 0 bridgehead atoms. The van der Waals surface area contributed by atoms with Crippen molar-refractivity contribution in [2.45, 2.75) is 0 Å². The Labute approximate surface area is 325 Å². The molecule has 0 unspecified atom stereocenters. The molecule has 1 heterocycles. The summed E-state index contributed by atoms with van der Waals surface area (Å²) in [4.78, 5) is 2.33.